The van der Waals surface area contributed by atoms with E-state index in [-0.39, 0.29) is 17.9 Å². The van der Waals surface area contributed by atoms with Crippen LogP contribution in [0.15, 0.2) is 54.6 Å². The monoisotopic (exact) mass is 437 g/mol. The highest BCUT2D eigenvalue weighted by atomic mass is 35.5. The molecule has 31 heavy (non-hydrogen) atoms. The van der Waals surface area contributed by atoms with Crippen LogP contribution < -0.4 is 15.5 Å². The van der Waals surface area contributed by atoms with Crippen LogP contribution in [0.5, 0.6) is 0 Å². The number of benzene rings is 2. The fourth-order valence-corrected chi connectivity index (χ4v) is 3.89. The first-order valence-corrected chi connectivity index (χ1v) is 10.6. The third-order valence-corrected chi connectivity index (χ3v) is 5.50. The van der Waals surface area contributed by atoms with E-state index in [1.54, 1.807) is 24.3 Å². The minimum Gasteiger partial charge on any atom is -0.353 e. The number of aromatic amines is 1. The molecule has 0 aliphatic carbocycles. The first-order valence-electron chi connectivity index (χ1n) is 10.2. The molecule has 1 aromatic heterocycles. The Balaban J connectivity index is 1.40. The van der Waals surface area contributed by atoms with Gasteiger partial charge in [-0.05, 0) is 48.7 Å². The molecule has 0 unspecified atom stereocenters. The number of rotatable bonds is 5. The van der Waals surface area contributed by atoms with Gasteiger partial charge in [-0.25, -0.2) is 0 Å². The minimum absolute atomic E-state index is 0.0151. The first-order chi connectivity index (χ1) is 15.0. The van der Waals surface area contributed by atoms with Gasteiger partial charge in [-0.2, -0.15) is 5.10 Å². The van der Waals surface area contributed by atoms with Crippen molar-refractivity contribution < 1.29 is 9.59 Å². The number of piperidine rings is 1. The molecule has 0 bridgehead atoms. The van der Waals surface area contributed by atoms with Crippen LogP contribution in [-0.2, 0) is 4.79 Å². The predicted molar refractivity (Wildman–Crippen MR) is 122 cm³/mol. The lowest BCUT2D eigenvalue weighted by Gasteiger charge is -2.33. The summed E-state index contributed by atoms with van der Waals surface area (Å²) in [6.07, 6.45) is 1.86. The van der Waals surface area contributed by atoms with Gasteiger partial charge in [-0.3, -0.25) is 14.7 Å². The highest BCUT2D eigenvalue weighted by molar-refractivity contribution is 6.30. The maximum Gasteiger partial charge on any atom is 0.251 e. The Kier molecular flexibility index (Phi) is 6.23. The second-order valence-corrected chi connectivity index (χ2v) is 8.10. The number of amides is 2. The molecule has 2 amide bonds. The van der Waals surface area contributed by atoms with Crippen molar-refractivity contribution in [2.75, 3.05) is 23.3 Å². The van der Waals surface area contributed by atoms with Gasteiger partial charge in [-0.1, -0.05) is 29.8 Å². The Labute approximate surface area is 185 Å². The van der Waals surface area contributed by atoms with Crippen LogP contribution in [0.3, 0.4) is 0 Å². The molecular formula is C23H24ClN5O2. The van der Waals surface area contributed by atoms with Gasteiger partial charge in [-0.15, -0.1) is 0 Å². The van der Waals surface area contributed by atoms with Gasteiger partial charge < -0.3 is 15.5 Å². The number of carbonyl (C=O) groups excluding carboxylic acids is 2. The molecule has 3 N–H and O–H groups in total. The molecule has 2 heterocycles. The summed E-state index contributed by atoms with van der Waals surface area (Å²) in [4.78, 5) is 26.2. The lowest BCUT2D eigenvalue weighted by Crippen LogP contribution is -2.48. The summed E-state index contributed by atoms with van der Waals surface area (Å²) < 4.78 is 0. The van der Waals surface area contributed by atoms with Crippen molar-refractivity contribution in [3.63, 3.8) is 0 Å². The maximum absolute atomic E-state index is 12.7. The van der Waals surface area contributed by atoms with Gasteiger partial charge in [0.15, 0.2) is 5.82 Å². The van der Waals surface area contributed by atoms with Gasteiger partial charge in [0, 0.05) is 48.4 Å². The largest absolute Gasteiger partial charge is 0.353 e. The van der Waals surface area contributed by atoms with E-state index in [2.05, 4.69) is 25.7 Å². The van der Waals surface area contributed by atoms with Crippen LogP contribution in [0.4, 0.5) is 11.5 Å². The fraction of sp³-hybridized carbons (Fsp3) is 0.261. The van der Waals surface area contributed by atoms with Gasteiger partial charge in [0.05, 0.1) is 5.69 Å². The molecular weight excluding hydrogens is 414 g/mol. The Morgan fingerprint density at radius 2 is 1.97 bits per heavy atom. The topological polar surface area (TPSA) is 90.1 Å². The average Bonchev–Trinajstić information content (AvgIpc) is 3.24. The molecule has 1 fully saturated rings. The van der Waals surface area contributed by atoms with Crippen LogP contribution >= 0.6 is 11.6 Å². The van der Waals surface area contributed by atoms with E-state index in [0.29, 0.717) is 22.8 Å². The summed E-state index contributed by atoms with van der Waals surface area (Å²) in [6, 6.07) is 16.6. The van der Waals surface area contributed by atoms with Crippen molar-refractivity contribution in [3.8, 4) is 11.3 Å². The summed E-state index contributed by atoms with van der Waals surface area (Å²) in [7, 11) is 0. The lowest BCUT2D eigenvalue weighted by atomic mass is 10.0. The number of nitrogens with zero attached hydrogens (tertiary/aromatic N) is 2. The third kappa shape index (κ3) is 5.24. The molecule has 1 atom stereocenters. The molecule has 160 valence electrons. The quantitative estimate of drug-likeness (QED) is 0.560. The molecule has 0 saturated carbocycles. The molecule has 3 aromatic rings. The number of carbonyl (C=O) groups is 2. The smallest absolute Gasteiger partial charge is 0.251 e. The number of nitrogens with one attached hydrogen (secondary N) is 3. The zero-order chi connectivity index (χ0) is 21.8. The Morgan fingerprint density at radius 3 is 2.74 bits per heavy atom. The number of hydrogen-bond acceptors (Lipinski definition) is 4. The normalized spacial score (nSPS) is 16.1. The minimum atomic E-state index is -0.169. The van der Waals surface area contributed by atoms with E-state index < -0.39 is 0 Å². The van der Waals surface area contributed by atoms with E-state index in [0.717, 1.165) is 36.5 Å². The zero-order valence-electron chi connectivity index (χ0n) is 17.2. The maximum atomic E-state index is 12.7. The van der Waals surface area contributed by atoms with Crippen LogP contribution in [0.25, 0.3) is 11.3 Å². The van der Waals surface area contributed by atoms with E-state index in [9.17, 15) is 9.59 Å². The molecule has 7 nitrogen and oxygen atoms in total. The Hall–Kier alpha value is -3.32. The number of aromatic nitrogens is 2. The van der Waals surface area contributed by atoms with E-state index in [1.165, 1.54) is 6.92 Å². The van der Waals surface area contributed by atoms with Crippen molar-refractivity contribution in [2.24, 2.45) is 0 Å². The van der Waals surface area contributed by atoms with Crippen molar-refractivity contribution in [3.05, 3.63) is 65.2 Å². The molecule has 0 spiro atoms. The number of halogens is 1. The number of hydrogen-bond donors (Lipinski definition) is 3. The fourth-order valence-electron chi connectivity index (χ4n) is 3.76. The molecule has 2 aromatic carbocycles. The highest BCUT2D eigenvalue weighted by Gasteiger charge is 2.24. The van der Waals surface area contributed by atoms with Gasteiger partial charge in [0.25, 0.3) is 5.91 Å². The van der Waals surface area contributed by atoms with E-state index in [1.807, 2.05) is 30.3 Å². The molecule has 1 saturated heterocycles. The van der Waals surface area contributed by atoms with E-state index >= 15 is 0 Å². The molecule has 8 heteroatoms. The molecule has 0 radical (unpaired) electrons. The van der Waals surface area contributed by atoms with Crippen LogP contribution in [0.2, 0.25) is 5.02 Å². The standard InChI is InChI=1S/C23H24ClN5O2/c1-15(30)25-19-5-2-4-17(12-19)23(31)26-20-6-3-11-29(14-20)22-13-21(27-28-22)16-7-9-18(24)10-8-16/h2,4-5,7-10,12-13,20H,3,6,11,14H2,1H3,(H,25,30)(H,26,31)(H,27,28)/t20-/m0/s1. The number of anilines is 2. The highest BCUT2D eigenvalue weighted by Crippen LogP contribution is 2.25. The SMILES string of the molecule is CC(=O)Nc1cccc(C(=O)N[C@H]2CCCN(c3cc(-c4ccc(Cl)cc4)[nH]n3)C2)c1. The predicted octanol–water partition coefficient (Wildman–Crippen LogP) is 4.09. The second kappa shape index (κ2) is 9.22. The zero-order valence-corrected chi connectivity index (χ0v) is 17.9. The van der Waals surface area contributed by atoms with Crippen LogP contribution in [0, 0.1) is 0 Å². The summed E-state index contributed by atoms with van der Waals surface area (Å²) in [6.45, 7) is 3.01. The summed E-state index contributed by atoms with van der Waals surface area (Å²) in [5.74, 6) is 0.539. The lowest BCUT2D eigenvalue weighted by molar-refractivity contribution is -0.114. The summed E-state index contributed by atoms with van der Waals surface area (Å²) >= 11 is 5.97. The average molecular weight is 438 g/mol. The van der Waals surface area contributed by atoms with Crippen LogP contribution in [-0.4, -0.2) is 41.1 Å². The van der Waals surface area contributed by atoms with Gasteiger partial charge >= 0.3 is 0 Å². The van der Waals surface area contributed by atoms with Crippen LogP contribution in [0.1, 0.15) is 30.1 Å². The molecule has 4 rings (SSSR count). The van der Waals surface area contributed by atoms with Crippen molar-refractivity contribution in [2.45, 2.75) is 25.8 Å². The third-order valence-electron chi connectivity index (χ3n) is 5.25. The Bertz CT molecular complexity index is 1080. The van der Waals surface area contributed by atoms with E-state index in [4.69, 9.17) is 11.6 Å². The summed E-state index contributed by atoms with van der Waals surface area (Å²) in [5.41, 5.74) is 3.07. The van der Waals surface area contributed by atoms with Crippen molar-refractivity contribution >= 4 is 34.9 Å². The van der Waals surface area contributed by atoms with Crippen molar-refractivity contribution in [1.29, 1.82) is 0 Å². The van der Waals surface area contributed by atoms with Gasteiger partial charge in [0.1, 0.15) is 0 Å². The number of H-pyrrole nitrogens is 1. The second-order valence-electron chi connectivity index (χ2n) is 7.67. The molecule has 1 aliphatic rings. The van der Waals surface area contributed by atoms with Gasteiger partial charge in [0.2, 0.25) is 5.91 Å². The Morgan fingerprint density at radius 1 is 1.16 bits per heavy atom. The van der Waals surface area contributed by atoms with Crippen molar-refractivity contribution in [1.82, 2.24) is 15.5 Å². The first kappa shape index (κ1) is 20.9. The summed E-state index contributed by atoms with van der Waals surface area (Å²) in [5, 5.41) is 14.1. The molecule has 1 aliphatic heterocycles.